The van der Waals surface area contributed by atoms with Crippen LogP contribution in [0.1, 0.15) is 54.0 Å². The number of aliphatic hydroxyl groups is 1. The Morgan fingerprint density at radius 2 is 1.67 bits per heavy atom. The molecule has 0 atom stereocenters. The van der Waals surface area contributed by atoms with Gasteiger partial charge in [-0.2, -0.15) is 0 Å². The molecule has 0 saturated carbocycles. The molecule has 0 spiro atoms. The van der Waals surface area contributed by atoms with Crippen molar-refractivity contribution in [1.29, 1.82) is 0 Å². The second-order valence-corrected chi connectivity index (χ2v) is 8.99. The molecule has 2 rings (SSSR count). The van der Waals surface area contributed by atoms with E-state index < -0.39 is 30.0 Å². The predicted octanol–water partition coefficient (Wildman–Crippen LogP) is 2.99. The quantitative estimate of drug-likeness (QED) is 0.803. The van der Waals surface area contributed by atoms with Crippen LogP contribution in [0, 0.1) is 6.92 Å². The van der Waals surface area contributed by atoms with Crippen molar-refractivity contribution in [3.05, 3.63) is 29.8 Å². The zero-order chi connectivity index (χ0) is 20.8. The van der Waals surface area contributed by atoms with Gasteiger partial charge in [0.25, 0.3) is 0 Å². The topological polar surface area (TPSA) is 80.9 Å². The Morgan fingerprint density at radius 3 is 2.19 bits per heavy atom. The summed E-state index contributed by atoms with van der Waals surface area (Å²) in [4.78, 5) is 12.9. The van der Waals surface area contributed by atoms with Crippen molar-refractivity contribution in [2.24, 2.45) is 0 Å². The molecule has 2 N–H and O–H groups in total. The van der Waals surface area contributed by atoms with Gasteiger partial charge in [0, 0.05) is 0 Å². The average Bonchev–Trinajstić information content (AvgIpc) is 2.82. The molecular formula is C20H30BNO5. The summed E-state index contributed by atoms with van der Waals surface area (Å²) in [6.07, 6.45) is -0.596. The van der Waals surface area contributed by atoms with Crippen LogP contribution >= 0.6 is 0 Å². The smallest absolute Gasteiger partial charge is 0.443 e. The lowest BCUT2D eigenvalue weighted by Crippen LogP contribution is -2.54. The second-order valence-electron chi connectivity index (χ2n) is 8.99. The maximum absolute atomic E-state index is 12.9. The minimum atomic E-state index is -1.42. The lowest BCUT2D eigenvalue weighted by molar-refractivity contribution is -0.0984. The highest BCUT2D eigenvalue weighted by Gasteiger charge is 2.41. The molecule has 27 heavy (non-hydrogen) atoms. The predicted molar refractivity (Wildman–Crippen MR) is 107 cm³/mol. The molecule has 148 valence electrons. The molecule has 0 aliphatic heterocycles. The zero-order valence-corrected chi connectivity index (χ0v) is 17.5. The molecule has 1 aromatic heterocycles. The van der Waals surface area contributed by atoms with Gasteiger partial charge < -0.3 is 19.5 Å². The van der Waals surface area contributed by atoms with E-state index in [0.29, 0.717) is 5.52 Å². The standard InChI is InChI=1S/C20H30BNO5/c1-13-9-10-14-12-16(21(25)27-20(7,8)19(5,6)24)22(15(14)11-13)17(23)26-18(2,3)4/h9-12,24-25H,1-8H3. The van der Waals surface area contributed by atoms with Crippen LogP contribution in [0.25, 0.3) is 10.9 Å². The normalized spacial score (nSPS) is 13.1. The Labute approximate surface area is 161 Å². The van der Waals surface area contributed by atoms with E-state index in [1.54, 1.807) is 54.5 Å². The third kappa shape index (κ3) is 4.72. The number of benzene rings is 1. The number of hydrogen-bond acceptors (Lipinski definition) is 5. The van der Waals surface area contributed by atoms with Gasteiger partial charge in [-0.3, -0.25) is 4.57 Å². The molecule has 0 amide bonds. The van der Waals surface area contributed by atoms with Crippen molar-refractivity contribution in [2.45, 2.75) is 72.2 Å². The van der Waals surface area contributed by atoms with Gasteiger partial charge in [0.05, 0.1) is 22.3 Å². The molecule has 0 unspecified atom stereocenters. The van der Waals surface area contributed by atoms with Crippen LogP contribution in [0.4, 0.5) is 4.79 Å². The summed E-state index contributed by atoms with van der Waals surface area (Å²) < 4.78 is 12.6. The van der Waals surface area contributed by atoms with Crippen molar-refractivity contribution >= 4 is 29.7 Å². The highest BCUT2D eigenvalue weighted by Crippen LogP contribution is 2.26. The first-order valence-corrected chi connectivity index (χ1v) is 9.06. The number of aromatic nitrogens is 1. The summed E-state index contributed by atoms with van der Waals surface area (Å²) >= 11 is 0. The molecule has 0 saturated heterocycles. The van der Waals surface area contributed by atoms with Crippen molar-refractivity contribution in [3.8, 4) is 0 Å². The highest BCUT2D eigenvalue weighted by molar-refractivity contribution is 6.60. The van der Waals surface area contributed by atoms with Crippen LogP contribution in [0.5, 0.6) is 0 Å². The van der Waals surface area contributed by atoms with E-state index in [4.69, 9.17) is 9.39 Å². The second kappa shape index (κ2) is 6.97. The summed E-state index contributed by atoms with van der Waals surface area (Å²) in [6.45, 7) is 13.8. The fourth-order valence-corrected chi connectivity index (χ4v) is 2.51. The Kier molecular flexibility index (Phi) is 5.54. The van der Waals surface area contributed by atoms with Crippen LogP contribution < -0.4 is 5.59 Å². The summed E-state index contributed by atoms with van der Waals surface area (Å²) in [5, 5.41) is 21.9. The molecule has 0 bridgehead atoms. The monoisotopic (exact) mass is 375 g/mol. The van der Waals surface area contributed by atoms with Gasteiger partial charge in [-0.1, -0.05) is 12.1 Å². The van der Waals surface area contributed by atoms with E-state index in [1.165, 1.54) is 4.57 Å². The van der Waals surface area contributed by atoms with Gasteiger partial charge in [0.15, 0.2) is 0 Å². The molecule has 2 aromatic rings. The Morgan fingerprint density at radius 1 is 1.07 bits per heavy atom. The van der Waals surface area contributed by atoms with Crippen molar-refractivity contribution < 1.29 is 24.3 Å². The molecular weight excluding hydrogens is 345 g/mol. The molecule has 0 aliphatic carbocycles. The fraction of sp³-hybridized carbons (Fsp3) is 0.550. The van der Waals surface area contributed by atoms with Gasteiger partial charge in [0.1, 0.15) is 5.60 Å². The molecule has 7 heteroatoms. The Hall–Kier alpha value is -1.83. The van der Waals surface area contributed by atoms with E-state index in [9.17, 15) is 14.9 Å². The van der Waals surface area contributed by atoms with Gasteiger partial charge >= 0.3 is 13.2 Å². The van der Waals surface area contributed by atoms with Gasteiger partial charge in [-0.15, -0.1) is 0 Å². The molecule has 0 fully saturated rings. The van der Waals surface area contributed by atoms with Gasteiger partial charge in [-0.05, 0) is 78.5 Å². The Balaban J connectivity index is 2.55. The Bertz CT molecular complexity index is 842. The van der Waals surface area contributed by atoms with Crippen molar-refractivity contribution in [2.75, 3.05) is 0 Å². The lowest BCUT2D eigenvalue weighted by Gasteiger charge is -2.38. The van der Waals surface area contributed by atoms with Crippen LogP contribution in [0.2, 0.25) is 0 Å². The van der Waals surface area contributed by atoms with Crippen LogP contribution in [-0.2, 0) is 9.39 Å². The number of carbonyl (C=O) groups excluding carboxylic acids is 1. The summed E-state index contributed by atoms with van der Waals surface area (Å²) in [7, 11) is -1.42. The first-order valence-electron chi connectivity index (χ1n) is 9.06. The van der Waals surface area contributed by atoms with Gasteiger partial charge in [0.2, 0.25) is 0 Å². The first-order chi connectivity index (χ1) is 12.1. The molecule has 6 nitrogen and oxygen atoms in total. The molecule has 0 radical (unpaired) electrons. The van der Waals surface area contributed by atoms with Crippen LogP contribution in [0.3, 0.4) is 0 Å². The summed E-state index contributed by atoms with van der Waals surface area (Å²) in [5.74, 6) is 0. The summed E-state index contributed by atoms with van der Waals surface area (Å²) in [5.41, 5.74) is -1.09. The number of fused-ring (bicyclic) bond motifs is 1. The number of ether oxygens (including phenoxy) is 1. The third-order valence-corrected chi connectivity index (χ3v) is 4.70. The number of rotatable bonds is 4. The van der Waals surface area contributed by atoms with E-state index in [-0.39, 0.29) is 5.59 Å². The molecule has 0 aliphatic rings. The number of carbonyl (C=O) groups is 1. The first kappa shape index (κ1) is 21.5. The average molecular weight is 375 g/mol. The van der Waals surface area contributed by atoms with E-state index in [1.807, 2.05) is 25.1 Å². The molecule has 1 aromatic carbocycles. The van der Waals surface area contributed by atoms with Crippen LogP contribution in [0.15, 0.2) is 24.3 Å². The fourth-order valence-electron chi connectivity index (χ4n) is 2.51. The molecule has 1 heterocycles. The highest BCUT2D eigenvalue weighted by atomic mass is 16.6. The summed E-state index contributed by atoms with van der Waals surface area (Å²) in [6, 6.07) is 7.36. The maximum Gasteiger partial charge on any atom is 0.509 e. The van der Waals surface area contributed by atoms with Gasteiger partial charge in [-0.25, -0.2) is 4.79 Å². The number of aryl methyl sites for hydroxylation is 1. The number of nitrogens with zero attached hydrogens (tertiary/aromatic N) is 1. The van der Waals surface area contributed by atoms with Crippen LogP contribution in [-0.4, -0.2) is 44.7 Å². The van der Waals surface area contributed by atoms with E-state index in [0.717, 1.165) is 10.9 Å². The maximum atomic E-state index is 12.9. The minimum Gasteiger partial charge on any atom is -0.443 e. The van der Waals surface area contributed by atoms with E-state index in [2.05, 4.69) is 0 Å². The SMILES string of the molecule is Cc1ccc2cc(B(O)OC(C)(C)C(C)(C)O)n(C(=O)OC(C)(C)C)c2c1. The van der Waals surface area contributed by atoms with Crippen molar-refractivity contribution in [3.63, 3.8) is 0 Å². The zero-order valence-electron chi connectivity index (χ0n) is 17.5. The third-order valence-electron chi connectivity index (χ3n) is 4.70. The minimum absolute atomic E-state index is 0.252. The largest absolute Gasteiger partial charge is 0.509 e. The van der Waals surface area contributed by atoms with Crippen molar-refractivity contribution in [1.82, 2.24) is 4.57 Å². The van der Waals surface area contributed by atoms with E-state index >= 15 is 0 Å². The number of hydrogen-bond donors (Lipinski definition) is 2. The lowest BCUT2D eigenvalue weighted by atomic mass is 9.80.